The normalized spacial score (nSPS) is 14.7. The van der Waals surface area contributed by atoms with Crippen molar-refractivity contribution in [3.63, 3.8) is 0 Å². The minimum absolute atomic E-state index is 0.183. The van der Waals surface area contributed by atoms with Gasteiger partial charge >= 0.3 is 0 Å². The summed E-state index contributed by atoms with van der Waals surface area (Å²) in [7, 11) is 0. The van der Waals surface area contributed by atoms with Crippen LogP contribution >= 0.6 is 31.9 Å². The van der Waals surface area contributed by atoms with Crippen LogP contribution < -0.4 is 5.32 Å². The summed E-state index contributed by atoms with van der Waals surface area (Å²) in [6, 6.07) is 12.8. The van der Waals surface area contributed by atoms with Crippen molar-refractivity contribution >= 4 is 53.7 Å². The lowest BCUT2D eigenvalue weighted by Gasteiger charge is -2.27. The lowest BCUT2D eigenvalue weighted by Crippen LogP contribution is -2.38. The molecule has 1 heterocycles. The molecule has 0 radical (unpaired) electrons. The van der Waals surface area contributed by atoms with E-state index in [-0.39, 0.29) is 12.2 Å². The number of aliphatic hydroxyl groups excluding tert-OH is 1. The number of rotatable bonds is 4. The second-order valence-corrected chi connectivity index (χ2v) is 8.03. The Morgan fingerprint density at radius 3 is 1.78 bits per heavy atom. The Balaban J connectivity index is 2.36. The summed E-state index contributed by atoms with van der Waals surface area (Å²) in [6.45, 7) is 6.02. The minimum atomic E-state index is -0.511. The summed E-state index contributed by atoms with van der Waals surface area (Å²) in [4.78, 5) is 0. The smallest absolute Gasteiger partial charge is 0.111 e. The number of nitrogens with one attached hydrogen (secondary N) is 1. The maximum Gasteiger partial charge on any atom is 0.111 e. The molecule has 2 aromatic carbocycles. The van der Waals surface area contributed by atoms with E-state index in [0.29, 0.717) is 0 Å². The lowest BCUT2D eigenvalue weighted by molar-refractivity contribution is 0.109. The first-order valence-corrected chi connectivity index (χ1v) is 9.30. The standard InChI is InChI=1S/C18H20Br2N2O/c1-10(2)21-18(11(3)23)22-16-6-4-12(19)8-14(16)15-9-13(20)5-7-17(15)22/h4-11,18,21,23H,1-3H3. The molecule has 0 aliphatic heterocycles. The number of aliphatic hydroxyl groups is 1. The summed E-state index contributed by atoms with van der Waals surface area (Å²) in [6.07, 6.45) is -0.694. The fraction of sp³-hybridized carbons (Fsp3) is 0.333. The maximum absolute atomic E-state index is 10.4. The molecule has 0 amide bonds. The van der Waals surface area contributed by atoms with Crippen LogP contribution in [0.3, 0.4) is 0 Å². The Labute approximate surface area is 152 Å². The van der Waals surface area contributed by atoms with E-state index in [0.717, 1.165) is 20.0 Å². The van der Waals surface area contributed by atoms with Gasteiger partial charge in [-0.2, -0.15) is 0 Å². The Morgan fingerprint density at radius 2 is 1.39 bits per heavy atom. The zero-order chi connectivity index (χ0) is 16.7. The first-order chi connectivity index (χ1) is 10.9. The summed E-state index contributed by atoms with van der Waals surface area (Å²) in [5.74, 6) is 0. The minimum Gasteiger partial charge on any atom is -0.390 e. The van der Waals surface area contributed by atoms with E-state index >= 15 is 0 Å². The topological polar surface area (TPSA) is 37.2 Å². The summed E-state index contributed by atoms with van der Waals surface area (Å²) < 4.78 is 4.30. The van der Waals surface area contributed by atoms with Crippen LogP contribution in [0.15, 0.2) is 45.3 Å². The maximum atomic E-state index is 10.4. The van der Waals surface area contributed by atoms with Gasteiger partial charge in [0.05, 0.1) is 17.1 Å². The van der Waals surface area contributed by atoms with Crippen molar-refractivity contribution in [1.29, 1.82) is 0 Å². The van der Waals surface area contributed by atoms with Gasteiger partial charge in [-0.15, -0.1) is 0 Å². The molecule has 0 spiro atoms. The van der Waals surface area contributed by atoms with E-state index < -0.39 is 6.10 Å². The Bertz CT molecular complexity index is 796. The molecule has 3 nitrogen and oxygen atoms in total. The van der Waals surface area contributed by atoms with Crippen molar-refractivity contribution in [3.8, 4) is 0 Å². The predicted molar refractivity (Wildman–Crippen MR) is 104 cm³/mol. The highest BCUT2D eigenvalue weighted by Crippen LogP contribution is 2.35. The molecule has 1 aromatic heterocycles. The Morgan fingerprint density at radius 1 is 0.913 bits per heavy atom. The highest BCUT2D eigenvalue weighted by atomic mass is 79.9. The molecule has 122 valence electrons. The molecule has 0 bridgehead atoms. The van der Waals surface area contributed by atoms with E-state index in [1.165, 1.54) is 10.8 Å². The predicted octanol–water partition coefficient (Wildman–Crippen LogP) is 5.20. The molecule has 2 atom stereocenters. The molecule has 2 N–H and O–H groups in total. The van der Waals surface area contributed by atoms with Gasteiger partial charge in [-0.05, 0) is 57.2 Å². The van der Waals surface area contributed by atoms with Gasteiger partial charge in [0.15, 0.2) is 0 Å². The molecule has 0 saturated carbocycles. The van der Waals surface area contributed by atoms with E-state index in [1.807, 2.05) is 19.1 Å². The van der Waals surface area contributed by atoms with E-state index in [4.69, 9.17) is 0 Å². The third-order valence-electron chi connectivity index (χ3n) is 3.97. The number of aromatic nitrogens is 1. The largest absolute Gasteiger partial charge is 0.390 e. The van der Waals surface area contributed by atoms with Crippen LogP contribution in [0.25, 0.3) is 21.8 Å². The zero-order valence-corrected chi connectivity index (χ0v) is 16.5. The van der Waals surface area contributed by atoms with Gasteiger partial charge in [0.1, 0.15) is 6.17 Å². The van der Waals surface area contributed by atoms with E-state index in [9.17, 15) is 5.11 Å². The highest BCUT2D eigenvalue weighted by Gasteiger charge is 2.23. The van der Waals surface area contributed by atoms with Gasteiger partial charge in [0.25, 0.3) is 0 Å². The molecular weight excluding hydrogens is 420 g/mol. The number of halogens is 2. The molecule has 3 rings (SSSR count). The second kappa shape index (κ2) is 6.55. The van der Waals surface area contributed by atoms with Crippen molar-refractivity contribution in [2.45, 2.75) is 39.1 Å². The van der Waals surface area contributed by atoms with Gasteiger partial charge in [-0.25, -0.2) is 0 Å². The molecule has 2 unspecified atom stereocenters. The SMILES string of the molecule is CC(C)NC(C(C)O)n1c2ccc(Br)cc2c2cc(Br)ccc21. The Kier molecular flexibility index (Phi) is 4.83. The van der Waals surface area contributed by atoms with Crippen molar-refractivity contribution in [2.24, 2.45) is 0 Å². The number of hydrogen-bond acceptors (Lipinski definition) is 2. The second-order valence-electron chi connectivity index (χ2n) is 6.20. The molecular formula is C18H20Br2N2O. The number of benzene rings is 2. The van der Waals surface area contributed by atoms with Crippen LogP contribution in [-0.4, -0.2) is 21.8 Å². The molecule has 23 heavy (non-hydrogen) atoms. The van der Waals surface area contributed by atoms with Crippen molar-refractivity contribution in [2.75, 3.05) is 0 Å². The van der Waals surface area contributed by atoms with Gasteiger partial charge < -0.3 is 9.67 Å². The fourth-order valence-corrected chi connectivity index (χ4v) is 3.79. The number of nitrogens with zero attached hydrogens (tertiary/aromatic N) is 1. The zero-order valence-electron chi connectivity index (χ0n) is 13.3. The number of hydrogen-bond donors (Lipinski definition) is 2. The van der Waals surface area contributed by atoms with Crippen molar-refractivity contribution in [1.82, 2.24) is 9.88 Å². The summed E-state index contributed by atoms with van der Waals surface area (Å²) >= 11 is 7.13. The van der Waals surface area contributed by atoms with E-state index in [1.54, 1.807) is 0 Å². The number of fused-ring (bicyclic) bond motifs is 3. The molecule has 0 saturated heterocycles. The molecule has 3 aromatic rings. The monoisotopic (exact) mass is 438 g/mol. The lowest BCUT2D eigenvalue weighted by atomic mass is 10.2. The van der Waals surface area contributed by atoms with Crippen molar-refractivity contribution < 1.29 is 5.11 Å². The average molecular weight is 440 g/mol. The molecule has 0 aliphatic rings. The average Bonchev–Trinajstić information content (AvgIpc) is 2.77. The van der Waals surface area contributed by atoms with Crippen LogP contribution in [0.1, 0.15) is 26.9 Å². The van der Waals surface area contributed by atoms with Crippen LogP contribution in [-0.2, 0) is 0 Å². The van der Waals surface area contributed by atoms with Gasteiger partial charge in [-0.3, -0.25) is 5.32 Å². The third kappa shape index (κ3) is 3.20. The third-order valence-corrected chi connectivity index (χ3v) is 4.95. The first-order valence-electron chi connectivity index (χ1n) is 7.71. The van der Waals surface area contributed by atoms with Crippen LogP contribution in [0.2, 0.25) is 0 Å². The molecule has 0 fully saturated rings. The highest BCUT2D eigenvalue weighted by molar-refractivity contribution is 9.10. The first kappa shape index (κ1) is 17.0. The van der Waals surface area contributed by atoms with Gasteiger partial charge in [-0.1, -0.05) is 31.9 Å². The van der Waals surface area contributed by atoms with Crippen LogP contribution in [0.5, 0.6) is 0 Å². The summed E-state index contributed by atoms with van der Waals surface area (Å²) in [5.41, 5.74) is 2.22. The Hall–Kier alpha value is -0.880. The van der Waals surface area contributed by atoms with Gasteiger partial charge in [0, 0.05) is 25.8 Å². The van der Waals surface area contributed by atoms with Crippen LogP contribution in [0.4, 0.5) is 0 Å². The van der Waals surface area contributed by atoms with Crippen LogP contribution in [0, 0.1) is 0 Å². The summed E-state index contributed by atoms with van der Waals surface area (Å²) in [5, 5.41) is 16.2. The quantitative estimate of drug-likeness (QED) is 0.586. The fourth-order valence-electron chi connectivity index (χ4n) is 3.07. The molecule has 0 aliphatic carbocycles. The van der Waals surface area contributed by atoms with Gasteiger partial charge in [0.2, 0.25) is 0 Å². The van der Waals surface area contributed by atoms with Crippen molar-refractivity contribution in [3.05, 3.63) is 45.3 Å². The van der Waals surface area contributed by atoms with E-state index in [2.05, 4.69) is 79.9 Å². The molecule has 5 heteroatoms.